The SMILES string of the molecule is C=C(Cc1ccc(C(=O)O)nc1)c1ccccc1-c1cc(=O)n(C2CCOCC2)cn1. The van der Waals surface area contributed by atoms with Crippen molar-refractivity contribution in [2.75, 3.05) is 13.2 Å². The van der Waals surface area contributed by atoms with Crippen LogP contribution in [0.4, 0.5) is 0 Å². The molecule has 7 nitrogen and oxygen atoms in total. The monoisotopic (exact) mass is 417 g/mol. The average Bonchev–Trinajstić information content (AvgIpc) is 2.80. The van der Waals surface area contributed by atoms with E-state index in [2.05, 4.69) is 16.5 Å². The van der Waals surface area contributed by atoms with Crippen LogP contribution in [-0.4, -0.2) is 38.8 Å². The molecule has 0 bridgehead atoms. The zero-order valence-electron chi connectivity index (χ0n) is 17.0. The van der Waals surface area contributed by atoms with Gasteiger partial charge in [0.2, 0.25) is 0 Å². The van der Waals surface area contributed by atoms with Crippen molar-refractivity contribution in [3.05, 3.63) is 88.7 Å². The van der Waals surface area contributed by atoms with Gasteiger partial charge in [-0.1, -0.05) is 36.9 Å². The first kappa shape index (κ1) is 20.7. The van der Waals surface area contributed by atoms with Gasteiger partial charge in [-0.3, -0.25) is 9.36 Å². The number of rotatable bonds is 6. The van der Waals surface area contributed by atoms with Gasteiger partial charge in [0.1, 0.15) is 5.69 Å². The van der Waals surface area contributed by atoms with E-state index in [4.69, 9.17) is 9.84 Å². The summed E-state index contributed by atoms with van der Waals surface area (Å²) in [4.78, 5) is 32.3. The number of carboxylic acid groups (broad SMARTS) is 1. The third-order valence-electron chi connectivity index (χ3n) is 5.47. The van der Waals surface area contributed by atoms with E-state index < -0.39 is 5.97 Å². The topological polar surface area (TPSA) is 94.3 Å². The van der Waals surface area contributed by atoms with Gasteiger partial charge < -0.3 is 9.84 Å². The molecule has 0 atom stereocenters. The van der Waals surface area contributed by atoms with Crippen LogP contribution in [0, 0.1) is 0 Å². The van der Waals surface area contributed by atoms with Crippen molar-refractivity contribution < 1.29 is 14.6 Å². The van der Waals surface area contributed by atoms with Crippen molar-refractivity contribution >= 4 is 11.5 Å². The summed E-state index contributed by atoms with van der Waals surface area (Å²) in [5, 5.41) is 9.00. The summed E-state index contributed by atoms with van der Waals surface area (Å²) in [5.41, 5.74) is 3.93. The molecule has 3 aromatic rings. The van der Waals surface area contributed by atoms with Gasteiger partial charge in [0, 0.05) is 37.1 Å². The molecule has 0 radical (unpaired) electrons. The van der Waals surface area contributed by atoms with Gasteiger partial charge in [-0.15, -0.1) is 0 Å². The van der Waals surface area contributed by atoms with E-state index in [9.17, 15) is 9.59 Å². The lowest BCUT2D eigenvalue weighted by Gasteiger charge is -2.24. The summed E-state index contributed by atoms with van der Waals surface area (Å²) >= 11 is 0. The number of aromatic carboxylic acids is 1. The summed E-state index contributed by atoms with van der Waals surface area (Å²) in [6.45, 7) is 5.52. The predicted octanol–water partition coefficient (Wildman–Crippen LogP) is 3.61. The zero-order valence-corrected chi connectivity index (χ0v) is 17.0. The van der Waals surface area contributed by atoms with Crippen LogP contribution in [0.2, 0.25) is 0 Å². The Morgan fingerprint density at radius 3 is 2.61 bits per heavy atom. The minimum Gasteiger partial charge on any atom is -0.477 e. The number of carboxylic acids is 1. The fourth-order valence-electron chi connectivity index (χ4n) is 3.81. The van der Waals surface area contributed by atoms with Gasteiger partial charge in [0.15, 0.2) is 0 Å². The third-order valence-corrected chi connectivity index (χ3v) is 5.47. The van der Waals surface area contributed by atoms with Crippen LogP contribution < -0.4 is 5.56 Å². The highest BCUT2D eigenvalue weighted by atomic mass is 16.5. The van der Waals surface area contributed by atoms with Crippen LogP contribution >= 0.6 is 0 Å². The summed E-state index contributed by atoms with van der Waals surface area (Å²) in [7, 11) is 0. The number of nitrogens with zero attached hydrogens (tertiary/aromatic N) is 3. The minimum atomic E-state index is -1.06. The van der Waals surface area contributed by atoms with Crippen molar-refractivity contribution in [2.24, 2.45) is 0 Å². The van der Waals surface area contributed by atoms with Crippen molar-refractivity contribution in [2.45, 2.75) is 25.3 Å². The number of pyridine rings is 1. The second-order valence-corrected chi connectivity index (χ2v) is 7.55. The van der Waals surface area contributed by atoms with Crippen LogP contribution in [-0.2, 0) is 11.2 Å². The normalized spacial score (nSPS) is 14.3. The van der Waals surface area contributed by atoms with E-state index in [0.717, 1.165) is 35.1 Å². The molecule has 1 aliphatic rings. The van der Waals surface area contributed by atoms with E-state index in [1.807, 2.05) is 24.3 Å². The number of benzene rings is 1. The molecule has 0 amide bonds. The van der Waals surface area contributed by atoms with Crippen molar-refractivity contribution in [3.8, 4) is 11.3 Å². The molecule has 4 rings (SSSR count). The largest absolute Gasteiger partial charge is 0.477 e. The molecule has 0 unspecified atom stereocenters. The molecule has 0 spiro atoms. The number of allylic oxidation sites excluding steroid dienone is 1. The fraction of sp³-hybridized carbons (Fsp3) is 0.250. The Morgan fingerprint density at radius 1 is 1.16 bits per heavy atom. The second-order valence-electron chi connectivity index (χ2n) is 7.55. The Bertz CT molecular complexity index is 1160. The first-order chi connectivity index (χ1) is 15.0. The molecule has 3 heterocycles. The molecule has 0 aliphatic carbocycles. The number of carbonyl (C=O) groups is 1. The van der Waals surface area contributed by atoms with Crippen LogP contribution in [0.15, 0.2) is 66.4 Å². The molecule has 7 heteroatoms. The van der Waals surface area contributed by atoms with Gasteiger partial charge in [-0.2, -0.15) is 0 Å². The highest BCUT2D eigenvalue weighted by Gasteiger charge is 2.18. The van der Waals surface area contributed by atoms with E-state index in [1.165, 1.54) is 6.07 Å². The maximum absolute atomic E-state index is 12.8. The minimum absolute atomic E-state index is 0.00376. The lowest BCUT2D eigenvalue weighted by Crippen LogP contribution is -2.29. The summed E-state index contributed by atoms with van der Waals surface area (Å²) < 4.78 is 7.08. The summed E-state index contributed by atoms with van der Waals surface area (Å²) in [5.74, 6) is -1.06. The maximum atomic E-state index is 12.8. The third kappa shape index (κ3) is 4.62. The van der Waals surface area contributed by atoms with Gasteiger partial charge >= 0.3 is 5.97 Å². The van der Waals surface area contributed by atoms with Crippen LogP contribution in [0.25, 0.3) is 16.8 Å². The van der Waals surface area contributed by atoms with Crippen molar-refractivity contribution in [1.82, 2.24) is 14.5 Å². The average molecular weight is 417 g/mol. The van der Waals surface area contributed by atoms with E-state index in [1.54, 1.807) is 29.2 Å². The Labute approximate surface area is 179 Å². The lowest BCUT2D eigenvalue weighted by atomic mass is 9.94. The maximum Gasteiger partial charge on any atom is 0.354 e. The highest BCUT2D eigenvalue weighted by molar-refractivity contribution is 5.85. The summed E-state index contributed by atoms with van der Waals surface area (Å²) in [6, 6.07) is 12.6. The molecule has 0 saturated carbocycles. The van der Waals surface area contributed by atoms with Gasteiger partial charge in [-0.05, 0) is 42.0 Å². The molecule has 1 aromatic carbocycles. The number of aromatic nitrogens is 3. The van der Waals surface area contributed by atoms with Gasteiger partial charge in [-0.25, -0.2) is 14.8 Å². The zero-order chi connectivity index (χ0) is 21.8. The molecule has 158 valence electrons. The molecule has 1 fully saturated rings. The molecule has 1 aliphatic heterocycles. The predicted molar refractivity (Wildman–Crippen MR) is 117 cm³/mol. The van der Waals surface area contributed by atoms with Crippen LogP contribution in [0.1, 0.15) is 40.5 Å². The standard InChI is InChI=1S/C24H23N3O4/c1-16(12-17-6-7-21(24(29)30)25-14-17)19-4-2-3-5-20(19)22-13-23(28)27(15-26-22)18-8-10-31-11-9-18/h2-7,13-15,18H,1,8-12H2,(H,29,30). The Kier molecular flexibility index (Phi) is 6.04. The molecule has 1 saturated heterocycles. The van der Waals surface area contributed by atoms with E-state index >= 15 is 0 Å². The van der Waals surface area contributed by atoms with Gasteiger partial charge in [0.25, 0.3) is 5.56 Å². The van der Waals surface area contributed by atoms with Gasteiger partial charge in [0.05, 0.1) is 12.0 Å². The first-order valence-electron chi connectivity index (χ1n) is 10.1. The smallest absolute Gasteiger partial charge is 0.354 e. The quantitative estimate of drug-likeness (QED) is 0.658. The Balaban J connectivity index is 1.59. The fourth-order valence-corrected chi connectivity index (χ4v) is 3.81. The number of hydrogen-bond donors (Lipinski definition) is 1. The van der Waals surface area contributed by atoms with Crippen LogP contribution in [0.3, 0.4) is 0 Å². The molecule has 31 heavy (non-hydrogen) atoms. The van der Waals surface area contributed by atoms with E-state index in [0.29, 0.717) is 25.3 Å². The molecular formula is C24H23N3O4. The number of hydrogen-bond acceptors (Lipinski definition) is 5. The molecule has 2 aromatic heterocycles. The summed E-state index contributed by atoms with van der Waals surface area (Å²) in [6.07, 6.45) is 5.29. The first-order valence-corrected chi connectivity index (χ1v) is 10.1. The second kappa shape index (κ2) is 9.06. The van der Waals surface area contributed by atoms with Crippen molar-refractivity contribution in [3.63, 3.8) is 0 Å². The van der Waals surface area contributed by atoms with Crippen LogP contribution in [0.5, 0.6) is 0 Å². The Hall–Kier alpha value is -3.58. The number of ether oxygens (including phenoxy) is 1. The van der Waals surface area contributed by atoms with E-state index in [-0.39, 0.29) is 17.3 Å². The highest BCUT2D eigenvalue weighted by Crippen LogP contribution is 2.28. The molecule has 1 N–H and O–H groups in total. The van der Waals surface area contributed by atoms with Crippen molar-refractivity contribution in [1.29, 1.82) is 0 Å². The Morgan fingerprint density at radius 2 is 1.94 bits per heavy atom. The molecular weight excluding hydrogens is 394 g/mol. The lowest BCUT2D eigenvalue weighted by molar-refractivity contribution is 0.0682.